The van der Waals surface area contributed by atoms with E-state index in [1.54, 1.807) is 18.2 Å². The summed E-state index contributed by atoms with van der Waals surface area (Å²) in [5.74, 6) is 0.593. The van der Waals surface area contributed by atoms with Crippen molar-refractivity contribution in [2.24, 2.45) is 0 Å². The van der Waals surface area contributed by atoms with Crippen LogP contribution in [-0.2, 0) is 10.0 Å². The van der Waals surface area contributed by atoms with Gasteiger partial charge >= 0.3 is 0 Å². The van der Waals surface area contributed by atoms with Gasteiger partial charge in [-0.2, -0.15) is 4.31 Å². The van der Waals surface area contributed by atoms with Gasteiger partial charge in [-0.05, 0) is 24.3 Å². The number of fused-ring (bicyclic) bond motifs is 1. The summed E-state index contributed by atoms with van der Waals surface area (Å²) in [7, 11) is -3.66. The molecule has 10 heteroatoms. The smallest absolute Gasteiger partial charge is 0.243 e. The quantitative estimate of drug-likeness (QED) is 0.678. The van der Waals surface area contributed by atoms with Gasteiger partial charge in [0.05, 0.1) is 4.90 Å². The number of para-hydroxylation sites is 1. The Morgan fingerprint density at radius 2 is 1.74 bits per heavy atom. The maximum atomic E-state index is 13.6. The zero-order valence-electron chi connectivity index (χ0n) is 16.9. The number of ether oxygens (including phenoxy) is 3. The highest BCUT2D eigenvalue weighted by Crippen LogP contribution is 2.33. The third-order valence-corrected chi connectivity index (χ3v) is 7.11. The van der Waals surface area contributed by atoms with Crippen LogP contribution in [0.2, 0.25) is 0 Å². The van der Waals surface area contributed by atoms with E-state index in [0.29, 0.717) is 57.4 Å². The maximum Gasteiger partial charge on any atom is 0.243 e. The van der Waals surface area contributed by atoms with Crippen LogP contribution in [0.3, 0.4) is 0 Å². The van der Waals surface area contributed by atoms with Crippen molar-refractivity contribution in [3.63, 3.8) is 0 Å². The van der Waals surface area contributed by atoms with Crippen LogP contribution in [0, 0.1) is 5.82 Å². The first kappa shape index (κ1) is 21.8. The molecule has 1 saturated heterocycles. The lowest BCUT2D eigenvalue weighted by Crippen LogP contribution is -2.50. The highest BCUT2D eigenvalue weighted by molar-refractivity contribution is 7.89. The highest BCUT2D eigenvalue weighted by atomic mass is 32.2. The van der Waals surface area contributed by atoms with Crippen molar-refractivity contribution in [3.8, 4) is 17.2 Å². The zero-order valence-corrected chi connectivity index (χ0v) is 17.8. The second kappa shape index (κ2) is 9.39. The molecule has 0 saturated carbocycles. The molecule has 0 amide bonds. The van der Waals surface area contributed by atoms with E-state index in [-0.39, 0.29) is 17.3 Å². The molecule has 0 aromatic heterocycles. The predicted molar refractivity (Wildman–Crippen MR) is 111 cm³/mol. The lowest BCUT2D eigenvalue weighted by Gasteiger charge is -2.35. The normalized spacial score (nSPS) is 18.5. The second-order valence-corrected chi connectivity index (χ2v) is 9.34. The average Bonchev–Trinajstić information content (AvgIpc) is 2.78. The third kappa shape index (κ3) is 5.09. The van der Waals surface area contributed by atoms with Crippen molar-refractivity contribution in [3.05, 3.63) is 48.3 Å². The topological polar surface area (TPSA) is 88.5 Å². The predicted octanol–water partition coefficient (Wildman–Crippen LogP) is 1.34. The largest absolute Gasteiger partial charge is 0.488 e. The Balaban J connectivity index is 1.29. The number of nitrogens with zero attached hydrogens (tertiary/aromatic N) is 2. The second-order valence-electron chi connectivity index (χ2n) is 7.41. The summed E-state index contributed by atoms with van der Waals surface area (Å²) in [5, 5.41) is 10.2. The van der Waals surface area contributed by atoms with Crippen LogP contribution < -0.4 is 14.2 Å². The lowest BCUT2D eigenvalue weighted by atomic mass is 10.3. The van der Waals surface area contributed by atoms with E-state index in [0.717, 1.165) is 0 Å². The number of β-amino-alcohol motifs (C(OH)–C–C–N with tert-alkyl or cyclic N) is 1. The summed E-state index contributed by atoms with van der Waals surface area (Å²) >= 11 is 0. The number of hydrogen-bond donors (Lipinski definition) is 1. The number of rotatable bonds is 7. The molecular formula is C21H25FN2O6S. The molecule has 0 bridgehead atoms. The lowest BCUT2D eigenvalue weighted by molar-refractivity contribution is 0.0557. The minimum atomic E-state index is -3.66. The Labute approximate surface area is 180 Å². The van der Waals surface area contributed by atoms with Gasteiger partial charge in [-0.3, -0.25) is 4.90 Å². The molecule has 0 spiro atoms. The highest BCUT2D eigenvalue weighted by Gasteiger charge is 2.30. The van der Waals surface area contributed by atoms with Crippen molar-refractivity contribution < 1.29 is 32.1 Å². The first-order valence-corrected chi connectivity index (χ1v) is 11.5. The van der Waals surface area contributed by atoms with Gasteiger partial charge in [-0.25, -0.2) is 12.8 Å². The van der Waals surface area contributed by atoms with E-state index >= 15 is 0 Å². The Morgan fingerprint density at radius 1 is 1.03 bits per heavy atom. The molecule has 0 aliphatic carbocycles. The first-order chi connectivity index (χ1) is 14.9. The van der Waals surface area contributed by atoms with E-state index in [1.165, 1.54) is 28.6 Å². The third-order valence-electron chi connectivity index (χ3n) is 5.22. The van der Waals surface area contributed by atoms with Crippen LogP contribution in [0.15, 0.2) is 47.4 Å². The summed E-state index contributed by atoms with van der Waals surface area (Å²) < 4.78 is 57.3. The molecule has 168 valence electrons. The number of sulfonamides is 1. The number of aliphatic hydroxyl groups is 1. The maximum absolute atomic E-state index is 13.6. The summed E-state index contributed by atoms with van der Waals surface area (Å²) in [6, 6.07) is 10.7. The van der Waals surface area contributed by atoms with Gasteiger partial charge in [0.2, 0.25) is 10.0 Å². The van der Waals surface area contributed by atoms with Crippen LogP contribution in [0.25, 0.3) is 0 Å². The summed E-state index contributed by atoms with van der Waals surface area (Å²) in [4.78, 5) is 2.13. The molecule has 1 N–H and O–H groups in total. The van der Waals surface area contributed by atoms with Crippen molar-refractivity contribution in [2.75, 3.05) is 52.5 Å². The van der Waals surface area contributed by atoms with E-state index in [1.807, 2.05) is 4.90 Å². The van der Waals surface area contributed by atoms with E-state index in [4.69, 9.17) is 14.2 Å². The van der Waals surface area contributed by atoms with Gasteiger partial charge < -0.3 is 19.3 Å². The Hall–Kier alpha value is -2.40. The van der Waals surface area contributed by atoms with Crippen molar-refractivity contribution in [1.29, 1.82) is 0 Å². The molecule has 8 nitrogen and oxygen atoms in total. The molecule has 0 radical (unpaired) electrons. The number of hydrogen-bond acceptors (Lipinski definition) is 7. The molecule has 4 rings (SSSR count). The van der Waals surface area contributed by atoms with Crippen LogP contribution in [0.4, 0.5) is 4.39 Å². The molecule has 2 aliphatic heterocycles. The summed E-state index contributed by atoms with van der Waals surface area (Å²) in [5.41, 5.74) is 0. The molecule has 1 fully saturated rings. The molecule has 2 aromatic rings. The van der Waals surface area contributed by atoms with Crippen LogP contribution in [0.5, 0.6) is 17.2 Å². The zero-order chi connectivity index (χ0) is 21.8. The van der Waals surface area contributed by atoms with Crippen molar-refractivity contribution >= 4 is 10.0 Å². The monoisotopic (exact) mass is 452 g/mol. The number of halogens is 1. The molecule has 31 heavy (non-hydrogen) atoms. The van der Waals surface area contributed by atoms with Gasteiger partial charge in [0.25, 0.3) is 0 Å². The fourth-order valence-corrected chi connectivity index (χ4v) is 5.02. The average molecular weight is 453 g/mol. The molecule has 2 aliphatic rings. The van der Waals surface area contributed by atoms with E-state index in [9.17, 15) is 17.9 Å². The van der Waals surface area contributed by atoms with Gasteiger partial charge in [-0.1, -0.05) is 12.1 Å². The van der Waals surface area contributed by atoms with Crippen molar-refractivity contribution in [2.45, 2.75) is 11.0 Å². The Morgan fingerprint density at radius 3 is 2.48 bits per heavy atom. The number of benzene rings is 2. The van der Waals surface area contributed by atoms with Crippen molar-refractivity contribution in [1.82, 2.24) is 9.21 Å². The minimum absolute atomic E-state index is 0.0450. The van der Waals surface area contributed by atoms with Crippen LogP contribution in [0.1, 0.15) is 0 Å². The van der Waals surface area contributed by atoms with Crippen LogP contribution in [-0.4, -0.2) is 81.4 Å². The van der Waals surface area contributed by atoms with Gasteiger partial charge in [0.15, 0.2) is 23.1 Å². The van der Waals surface area contributed by atoms with Gasteiger partial charge in [-0.15, -0.1) is 0 Å². The van der Waals surface area contributed by atoms with Gasteiger partial charge in [0, 0.05) is 38.8 Å². The number of aliphatic hydroxyl groups excluding tert-OH is 1. The van der Waals surface area contributed by atoms with Crippen LogP contribution >= 0.6 is 0 Å². The summed E-state index contributed by atoms with van der Waals surface area (Å²) in [6.45, 7) is 2.65. The minimum Gasteiger partial charge on any atom is -0.488 e. The van der Waals surface area contributed by atoms with Gasteiger partial charge in [0.1, 0.15) is 25.9 Å². The Kier molecular flexibility index (Phi) is 6.61. The molecule has 2 aromatic carbocycles. The molecule has 1 atom stereocenters. The van der Waals surface area contributed by atoms with E-state index in [2.05, 4.69) is 0 Å². The fourth-order valence-electron chi connectivity index (χ4n) is 3.58. The summed E-state index contributed by atoms with van der Waals surface area (Å²) in [6.07, 6.45) is -0.819. The molecule has 2 heterocycles. The SMILES string of the molecule is O=S(=O)(c1ccc2c(c1)OCCO2)N1CCN(CC(O)COc2ccccc2F)CC1. The standard InChI is InChI=1S/C21H25FN2O6S/c22-18-3-1-2-4-19(18)30-15-16(25)14-23-7-9-24(10-8-23)31(26,27)17-5-6-20-21(13-17)29-12-11-28-20/h1-6,13,16,25H,7-12,14-15H2. The molecule has 1 unspecified atom stereocenters. The van der Waals surface area contributed by atoms with E-state index < -0.39 is 21.9 Å². The fraction of sp³-hybridized carbons (Fsp3) is 0.429. The molecular weight excluding hydrogens is 427 g/mol. The number of piperazine rings is 1. The first-order valence-electron chi connectivity index (χ1n) is 10.1. The Bertz CT molecular complexity index is 1010.